The summed E-state index contributed by atoms with van der Waals surface area (Å²) >= 11 is 0. The molecule has 0 fully saturated rings. The van der Waals surface area contributed by atoms with Crippen LogP contribution in [0.25, 0.3) is 0 Å². The molecule has 0 bridgehead atoms. The van der Waals surface area contributed by atoms with Crippen LogP contribution in [-0.4, -0.2) is 17.0 Å². The zero-order valence-corrected chi connectivity index (χ0v) is 12.0. The van der Waals surface area contributed by atoms with Crippen LogP contribution in [0.5, 0.6) is 0 Å². The molecule has 112 valence electrons. The van der Waals surface area contributed by atoms with Crippen LogP contribution >= 0.6 is 0 Å². The van der Waals surface area contributed by atoms with Gasteiger partial charge in [0.25, 0.3) is 5.69 Å². The third-order valence-corrected chi connectivity index (χ3v) is 2.99. The summed E-state index contributed by atoms with van der Waals surface area (Å²) in [4.78, 5) is 21.8. The van der Waals surface area contributed by atoms with Gasteiger partial charge in [0.05, 0.1) is 17.6 Å². The number of nitro benzene ring substituents is 1. The summed E-state index contributed by atoms with van der Waals surface area (Å²) in [5.41, 5.74) is 5.16. The van der Waals surface area contributed by atoms with Crippen LogP contribution in [0.3, 0.4) is 0 Å². The van der Waals surface area contributed by atoms with Gasteiger partial charge in [0.1, 0.15) is 0 Å². The van der Waals surface area contributed by atoms with Crippen molar-refractivity contribution in [3.63, 3.8) is 0 Å². The van der Waals surface area contributed by atoms with Crippen molar-refractivity contribution in [2.45, 2.75) is 13.3 Å². The van der Waals surface area contributed by atoms with Crippen LogP contribution in [-0.2, 0) is 11.2 Å². The highest BCUT2D eigenvalue weighted by Crippen LogP contribution is 2.12. The number of carbonyl (C=O) groups is 1. The second kappa shape index (κ2) is 7.12. The number of nitrogens with zero attached hydrogens (tertiary/aromatic N) is 2. The topological polar surface area (TPSA) is 84.6 Å². The highest BCUT2D eigenvalue weighted by atomic mass is 16.6. The summed E-state index contributed by atoms with van der Waals surface area (Å²) in [5, 5.41) is 14.4. The molecule has 0 atom stereocenters. The summed E-state index contributed by atoms with van der Waals surface area (Å²) in [5.74, 6) is -0.280. The smallest absolute Gasteiger partial charge is 0.269 e. The molecular formula is C16H15N3O3. The molecule has 2 aromatic carbocycles. The Morgan fingerprint density at radius 2 is 1.82 bits per heavy atom. The summed E-state index contributed by atoms with van der Waals surface area (Å²) < 4.78 is 0. The number of benzene rings is 2. The Morgan fingerprint density at radius 3 is 2.41 bits per heavy atom. The summed E-state index contributed by atoms with van der Waals surface area (Å²) in [6, 6.07) is 13.6. The number of rotatable bonds is 5. The van der Waals surface area contributed by atoms with Gasteiger partial charge in [0.2, 0.25) is 5.91 Å². The van der Waals surface area contributed by atoms with Crippen LogP contribution in [0.1, 0.15) is 16.7 Å². The molecule has 0 radical (unpaired) electrons. The Kier molecular flexibility index (Phi) is 4.98. The zero-order chi connectivity index (χ0) is 15.9. The number of nitrogens with one attached hydrogen (secondary N) is 1. The van der Waals surface area contributed by atoms with Crippen LogP contribution < -0.4 is 5.43 Å². The van der Waals surface area contributed by atoms with Gasteiger partial charge in [-0.25, -0.2) is 5.43 Å². The Hall–Kier alpha value is -3.02. The number of nitro groups is 1. The molecular weight excluding hydrogens is 282 g/mol. The van der Waals surface area contributed by atoms with Crippen molar-refractivity contribution in [1.29, 1.82) is 0 Å². The molecule has 0 saturated carbocycles. The fourth-order valence-corrected chi connectivity index (χ4v) is 1.79. The van der Waals surface area contributed by atoms with Gasteiger partial charge in [-0.05, 0) is 18.1 Å². The molecule has 6 heteroatoms. The highest BCUT2D eigenvalue weighted by Gasteiger charge is 2.06. The van der Waals surface area contributed by atoms with E-state index < -0.39 is 4.92 Å². The van der Waals surface area contributed by atoms with Crippen LogP contribution in [0, 0.1) is 17.0 Å². The van der Waals surface area contributed by atoms with Crippen LogP contribution in [0.4, 0.5) is 5.69 Å². The number of non-ortho nitro benzene ring substituents is 1. The van der Waals surface area contributed by atoms with Gasteiger partial charge < -0.3 is 0 Å². The minimum absolute atomic E-state index is 0.00144. The average molecular weight is 297 g/mol. The van der Waals surface area contributed by atoms with Crippen molar-refractivity contribution >= 4 is 17.8 Å². The molecule has 0 saturated heterocycles. The third-order valence-electron chi connectivity index (χ3n) is 2.99. The van der Waals surface area contributed by atoms with E-state index in [9.17, 15) is 14.9 Å². The standard InChI is InChI=1S/C16H15N3O3/c1-12-2-4-14(5-3-12)11-17-18-16(20)10-13-6-8-15(9-7-13)19(21)22/h2-9,11H,10H2,1H3,(H,18,20). The van der Waals surface area contributed by atoms with E-state index in [0.29, 0.717) is 5.56 Å². The molecule has 0 aliphatic heterocycles. The number of amides is 1. The molecule has 0 heterocycles. The number of hydrogen-bond donors (Lipinski definition) is 1. The van der Waals surface area contributed by atoms with Gasteiger partial charge in [-0.2, -0.15) is 5.10 Å². The Bertz CT molecular complexity index is 692. The molecule has 1 amide bonds. The largest absolute Gasteiger partial charge is 0.273 e. The Balaban J connectivity index is 1.87. The fourth-order valence-electron chi connectivity index (χ4n) is 1.79. The van der Waals surface area contributed by atoms with Gasteiger partial charge in [-0.1, -0.05) is 42.0 Å². The van der Waals surface area contributed by atoms with E-state index >= 15 is 0 Å². The van der Waals surface area contributed by atoms with E-state index in [4.69, 9.17) is 0 Å². The van der Waals surface area contributed by atoms with E-state index in [2.05, 4.69) is 10.5 Å². The van der Waals surface area contributed by atoms with Gasteiger partial charge in [0, 0.05) is 12.1 Å². The molecule has 0 aliphatic carbocycles. The van der Waals surface area contributed by atoms with E-state index in [-0.39, 0.29) is 18.0 Å². The monoisotopic (exact) mass is 297 g/mol. The van der Waals surface area contributed by atoms with Gasteiger partial charge >= 0.3 is 0 Å². The number of carbonyl (C=O) groups excluding carboxylic acids is 1. The summed E-state index contributed by atoms with van der Waals surface area (Å²) in [7, 11) is 0. The quantitative estimate of drug-likeness (QED) is 0.523. The molecule has 0 unspecified atom stereocenters. The van der Waals surface area contributed by atoms with E-state index in [1.54, 1.807) is 18.3 Å². The predicted octanol–water partition coefficient (Wildman–Crippen LogP) is 2.60. The third kappa shape index (κ3) is 4.52. The first-order valence-electron chi connectivity index (χ1n) is 6.66. The SMILES string of the molecule is Cc1ccc(C=NNC(=O)Cc2ccc([N+](=O)[O-])cc2)cc1. The maximum Gasteiger partial charge on any atom is 0.269 e. The number of hydrazone groups is 1. The summed E-state index contributed by atoms with van der Waals surface area (Å²) in [6.07, 6.45) is 1.68. The highest BCUT2D eigenvalue weighted by molar-refractivity contribution is 5.83. The van der Waals surface area contributed by atoms with Crippen LogP contribution in [0.2, 0.25) is 0 Å². The van der Waals surface area contributed by atoms with E-state index in [1.807, 2.05) is 31.2 Å². The fraction of sp³-hybridized carbons (Fsp3) is 0.125. The lowest BCUT2D eigenvalue weighted by Gasteiger charge is -2.00. The van der Waals surface area contributed by atoms with Crippen molar-refractivity contribution in [2.75, 3.05) is 0 Å². The molecule has 2 aromatic rings. The Labute approximate surface area is 127 Å². The van der Waals surface area contributed by atoms with Crippen molar-refractivity contribution in [3.8, 4) is 0 Å². The minimum atomic E-state index is -0.476. The molecule has 0 spiro atoms. The first-order chi connectivity index (χ1) is 10.5. The van der Waals surface area contributed by atoms with Crippen LogP contribution in [0.15, 0.2) is 53.6 Å². The zero-order valence-electron chi connectivity index (χ0n) is 12.0. The number of aryl methyl sites for hydroxylation is 1. The maximum absolute atomic E-state index is 11.7. The second-order valence-electron chi connectivity index (χ2n) is 4.80. The van der Waals surface area contributed by atoms with Crippen molar-refractivity contribution < 1.29 is 9.72 Å². The van der Waals surface area contributed by atoms with Gasteiger partial charge in [-0.3, -0.25) is 14.9 Å². The lowest BCUT2D eigenvalue weighted by Crippen LogP contribution is -2.19. The van der Waals surface area contributed by atoms with E-state index in [0.717, 1.165) is 11.1 Å². The molecule has 0 aliphatic rings. The second-order valence-corrected chi connectivity index (χ2v) is 4.80. The predicted molar refractivity (Wildman–Crippen MR) is 83.7 cm³/mol. The lowest BCUT2D eigenvalue weighted by atomic mass is 10.1. The van der Waals surface area contributed by atoms with Crippen molar-refractivity contribution in [3.05, 3.63) is 75.3 Å². The van der Waals surface area contributed by atoms with Gasteiger partial charge in [0.15, 0.2) is 0 Å². The first-order valence-corrected chi connectivity index (χ1v) is 6.66. The maximum atomic E-state index is 11.7. The number of hydrogen-bond acceptors (Lipinski definition) is 4. The lowest BCUT2D eigenvalue weighted by molar-refractivity contribution is -0.384. The van der Waals surface area contributed by atoms with Crippen molar-refractivity contribution in [2.24, 2.45) is 5.10 Å². The molecule has 2 rings (SSSR count). The summed E-state index contributed by atoms with van der Waals surface area (Å²) in [6.45, 7) is 1.99. The van der Waals surface area contributed by atoms with E-state index in [1.165, 1.54) is 12.1 Å². The first kappa shape index (κ1) is 15.4. The molecule has 6 nitrogen and oxygen atoms in total. The normalized spacial score (nSPS) is 10.6. The minimum Gasteiger partial charge on any atom is -0.273 e. The Morgan fingerprint density at radius 1 is 1.18 bits per heavy atom. The molecule has 22 heavy (non-hydrogen) atoms. The van der Waals surface area contributed by atoms with Gasteiger partial charge in [-0.15, -0.1) is 0 Å². The molecule has 1 N–H and O–H groups in total. The molecule has 0 aromatic heterocycles. The average Bonchev–Trinajstić information content (AvgIpc) is 2.50. The van der Waals surface area contributed by atoms with Crippen molar-refractivity contribution in [1.82, 2.24) is 5.43 Å².